The Labute approximate surface area is 158 Å². The summed E-state index contributed by atoms with van der Waals surface area (Å²) in [7, 11) is 0. The minimum absolute atomic E-state index is 0.0125. The topological polar surface area (TPSA) is 58.2 Å². The van der Waals surface area contributed by atoms with E-state index in [2.05, 4.69) is 10.6 Å². The molecule has 0 radical (unpaired) electrons. The first-order valence-electron chi connectivity index (χ1n) is 8.20. The quantitative estimate of drug-likeness (QED) is 0.773. The lowest BCUT2D eigenvalue weighted by Gasteiger charge is -2.12. The lowest BCUT2D eigenvalue weighted by atomic mass is 10.2. The molecule has 27 heavy (non-hydrogen) atoms. The summed E-state index contributed by atoms with van der Waals surface area (Å²) < 4.78 is 38.7. The number of carbonyl (C=O) groups excluding carboxylic acids is 2. The third-order valence-electron chi connectivity index (χ3n) is 4.29. The fourth-order valence-electron chi connectivity index (χ4n) is 2.79. The number of carbonyl (C=O) groups is 2. The molecular formula is C19H16ClF3N2O2. The molecular weight excluding hydrogens is 381 g/mol. The fraction of sp³-hybridized carbons (Fsp3) is 0.263. The number of hydrogen-bond donors (Lipinski definition) is 2. The molecule has 4 nitrogen and oxygen atoms in total. The number of aryl methyl sites for hydroxylation is 1. The molecule has 2 aromatic carbocycles. The second-order valence-electron chi connectivity index (χ2n) is 6.49. The summed E-state index contributed by atoms with van der Waals surface area (Å²) in [6.45, 7) is 1.89. The number of benzene rings is 2. The molecule has 8 heteroatoms. The van der Waals surface area contributed by atoms with Crippen LogP contribution in [-0.4, -0.2) is 11.8 Å². The van der Waals surface area contributed by atoms with Gasteiger partial charge in [0.1, 0.15) is 0 Å². The maximum atomic E-state index is 12.9. The number of hydrogen-bond acceptors (Lipinski definition) is 2. The Balaban J connectivity index is 1.61. The third kappa shape index (κ3) is 4.60. The minimum Gasteiger partial charge on any atom is -0.326 e. The molecule has 2 aromatic rings. The van der Waals surface area contributed by atoms with E-state index in [1.807, 2.05) is 19.1 Å². The van der Waals surface area contributed by atoms with E-state index in [1.165, 1.54) is 6.07 Å². The van der Waals surface area contributed by atoms with Crippen molar-refractivity contribution >= 4 is 34.8 Å². The maximum absolute atomic E-state index is 12.9. The van der Waals surface area contributed by atoms with Crippen molar-refractivity contribution in [2.75, 3.05) is 10.6 Å². The van der Waals surface area contributed by atoms with Gasteiger partial charge in [0.15, 0.2) is 0 Å². The van der Waals surface area contributed by atoms with Crippen molar-refractivity contribution < 1.29 is 22.8 Å². The highest BCUT2D eigenvalue weighted by atomic mass is 35.5. The van der Waals surface area contributed by atoms with Gasteiger partial charge in [-0.3, -0.25) is 9.59 Å². The molecule has 3 rings (SSSR count). The molecule has 0 heterocycles. The average Bonchev–Trinajstić information content (AvgIpc) is 3.36. The highest BCUT2D eigenvalue weighted by Crippen LogP contribution is 2.41. The van der Waals surface area contributed by atoms with E-state index in [0.717, 1.165) is 17.7 Å². The zero-order chi connectivity index (χ0) is 19.8. The predicted octanol–water partition coefficient (Wildman–Crippen LogP) is 4.88. The standard InChI is InChI=1S/C19H16ClF3N2O2/c1-10-3-2-4-11(7-10)24-17(26)13-9-14(13)18(27)25-12-5-6-16(20)15(8-12)19(21,22)23/h2-8,13-14H,9H2,1H3,(H,24,26)(H,25,27). The number of rotatable bonds is 4. The molecule has 0 aliphatic heterocycles. The molecule has 2 unspecified atom stereocenters. The largest absolute Gasteiger partial charge is 0.417 e. The van der Waals surface area contributed by atoms with Crippen molar-refractivity contribution in [2.45, 2.75) is 19.5 Å². The van der Waals surface area contributed by atoms with Crippen LogP contribution in [0, 0.1) is 18.8 Å². The van der Waals surface area contributed by atoms with E-state index in [9.17, 15) is 22.8 Å². The van der Waals surface area contributed by atoms with Gasteiger partial charge in [0.05, 0.1) is 22.4 Å². The fourth-order valence-corrected chi connectivity index (χ4v) is 3.01. The lowest BCUT2D eigenvalue weighted by molar-refractivity contribution is -0.137. The van der Waals surface area contributed by atoms with Crippen LogP contribution in [0.3, 0.4) is 0 Å². The molecule has 1 fully saturated rings. The van der Waals surface area contributed by atoms with Gasteiger partial charge in [0, 0.05) is 11.4 Å². The average molecular weight is 397 g/mol. The Hall–Kier alpha value is -2.54. The molecule has 142 valence electrons. The summed E-state index contributed by atoms with van der Waals surface area (Å²) in [6, 6.07) is 10.4. The molecule has 2 atom stereocenters. The van der Waals surface area contributed by atoms with Crippen LogP contribution < -0.4 is 10.6 Å². The van der Waals surface area contributed by atoms with Crippen LogP contribution in [0.25, 0.3) is 0 Å². The lowest BCUT2D eigenvalue weighted by Crippen LogP contribution is -2.20. The van der Waals surface area contributed by atoms with Crippen molar-refractivity contribution in [3.63, 3.8) is 0 Å². The number of nitrogens with one attached hydrogen (secondary N) is 2. The Morgan fingerprint density at radius 1 is 1.00 bits per heavy atom. The third-order valence-corrected chi connectivity index (χ3v) is 4.62. The molecule has 0 aromatic heterocycles. The Morgan fingerprint density at radius 3 is 2.15 bits per heavy atom. The van der Waals surface area contributed by atoms with Crippen LogP contribution in [0.15, 0.2) is 42.5 Å². The van der Waals surface area contributed by atoms with Crippen LogP contribution in [0.2, 0.25) is 5.02 Å². The Bertz CT molecular complexity index is 899. The predicted molar refractivity (Wildman–Crippen MR) is 96.5 cm³/mol. The van der Waals surface area contributed by atoms with E-state index in [4.69, 9.17) is 11.6 Å². The molecule has 0 spiro atoms. The summed E-state index contributed by atoms with van der Waals surface area (Å²) >= 11 is 5.56. The first kappa shape index (κ1) is 19.2. The van der Waals surface area contributed by atoms with Crippen LogP contribution >= 0.6 is 11.6 Å². The van der Waals surface area contributed by atoms with E-state index in [-0.39, 0.29) is 11.6 Å². The number of alkyl halides is 3. The van der Waals surface area contributed by atoms with Gasteiger partial charge in [0.25, 0.3) is 0 Å². The molecule has 0 saturated heterocycles. The Morgan fingerprint density at radius 2 is 1.59 bits per heavy atom. The molecule has 1 aliphatic rings. The van der Waals surface area contributed by atoms with Crippen molar-refractivity contribution in [1.29, 1.82) is 0 Å². The van der Waals surface area contributed by atoms with Gasteiger partial charge in [0.2, 0.25) is 11.8 Å². The van der Waals surface area contributed by atoms with Crippen molar-refractivity contribution in [3.8, 4) is 0 Å². The maximum Gasteiger partial charge on any atom is 0.417 e. The van der Waals surface area contributed by atoms with Crippen molar-refractivity contribution in [2.24, 2.45) is 11.8 Å². The second kappa shape index (κ2) is 7.23. The monoisotopic (exact) mass is 396 g/mol. The number of anilines is 2. The van der Waals surface area contributed by atoms with Gasteiger partial charge >= 0.3 is 6.18 Å². The van der Waals surface area contributed by atoms with Gasteiger partial charge in [-0.15, -0.1) is 0 Å². The number of halogens is 4. The number of amides is 2. The summed E-state index contributed by atoms with van der Waals surface area (Å²) in [5.74, 6) is -1.85. The molecule has 2 amide bonds. The van der Waals surface area contributed by atoms with E-state index in [1.54, 1.807) is 12.1 Å². The highest BCUT2D eigenvalue weighted by Gasteiger charge is 2.48. The first-order chi connectivity index (χ1) is 12.6. The van der Waals surface area contributed by atoms with Crippen LogP contribution in [0.5, 0.6) is 0 Å². The normalized spacial score (nSPS) is 18.7. The zero-order valence-electron chi connectivity index (χ0n) is 14.2. The van der Waals surface area contributed by atoms with E-state index >= 15 is 0 Å². The zero-order valence-corrected chi connectivity index (χ0v) is 15.0. The summed E-state index contributed by atoms with van der Waals surface area (Å²) in [5.41, 5.74) is 0.590. The Kier molecular flexibility index (Phi) is 5.15. The van der Waals surface area contributed by atoms with Gasteiger partial charge < -0.3 is 10.6 Å². The van der Waals surface area contributed by atoms with Crippen LogP contribution in [0.4, 0.5) is 24.5 Å². The SMILES string of the molecule is Cc1cccc(NC(=O)C2CC2C(=O)Nc2ccc(Cl)c(C(F)(F)F)c2)c1. The summed E-state index contributed by atoms with van der Waals surface area (Å²) in [6.07, 6.45) is -4.27. The molecule has 0 bridgehead atoms. The smallest absolute Gasteiger partial charge is 0.326 e. The summed E-state index contributed by atoms with van der Waals surface area (Å²) in [4.78, 5) is 24.5. The van der Waals surface area contributed by atoms with Crippen molar-refractivity contribution in [3.05, 3.63) is 58.6 Å². The van der Waals surface area contributed by atoms with Crippen LogP contribution in [0.1, 0.15) is 17.5 Å². The first-order valence-corrected chi connectivity index (χ1v) is 8.58. The van der Waals surface area contributed by atoms with E-state index in [0.29, 0.717) is 12.1 Å². The molecule has 1 saturated carbocycles. The van der Waals surface area contributed by atoms with Gasteiger partial charge in [-0.1, -0.05) is 23.7 Å². The second-order valence-corrected chi connectivity index (χ2v) is 6.90. The van der Waals surface area contributed by atoms with Crippen molar-refractivity contribution in [1.82, 2.24) is 0 Å². The highest BCUT2D eigenvalue weighted by molar-refractivity contribution is 6.31. The molecule has 2 N–H and O–H groups in total. The van der Waals surface area contributed by atoms with Crippen LogP contribution in [-0.2, 0) is 15.8 Å². The van der Waals surface area contributed by atoms with Gasteiger partial charge in [-0.05, 0) is 49.2 Å². The molecule has 1 aliphatic carbocycles. The minimum atomic E-state index is -4.62. The van der Waals surface area contributed by atoms with Gasteiger partial charge in [-0.2, -0.15) is 13.2 Å². The van der Waals surface area contributed by atoms with E-state index < -0.39 is 34.5 Å². The summed E-state index contributed by atoms with van der Waals surface area (Å²) in [5, 5.41) is 4.73. The van der Waals surface area contributed by atoms with Gasteiger partial charge in [-0.25, -0.2) is 0 Å².